The van der Waals surface area contributed by atoms with Crippen molar-refractivity contribution in [2.45, 2.75) is 48.9 Å². The van der Waals surface area contributed by atoms with Crippen LogP contribution in [0.4, 0.5) is 0 Å². The molecule has 124 valence electrons. The van der Waals surface area contributed by atoms with E-state index in [0.29, 0.717) is 19.5 Å². The van der Waals surface area contributed by atoms with Gasteiger partial charge in [-0.25, -0.2) is 21.6 Å². The van der Waals surface area contributed by atoms with Gasteiger partial charge in [0.15, 0.2) is 0 Å². The summed E-state index contributed by atoms with van der Waals surface area (Å²) in [6, 6.07) is 5.35. The van der Waals surface area contributed by atoms with E-state index in [1.165, 1.54) is 28.6 Å². The third kappa shape index (κ3) is 3.68. The second kappa shape index (κ2) is 6.66. The van der Waals surface area contributed by atoms with Gasteiger partial charge < -0.3 is 0 Å². The smallest absolute Gasteiger partial charge is 0.208 e. The average molecular weight is 346 g/mol. The highest BCUT2D eigenvalue weighted by atomic mass is 32.2. The molecule has 1 fully saturated rings. The largest absolute Gasteiger partial charge is 0.243 e. The molecule has 0 aliphatic carbocycles. The van der Waals surface area contributed by atoms with Crippen LogP contribution in [-0.4, -0.2) is 40.3 Å². The van der Waals surface area contributed by atoms with Crippen molar-refractivity contribution in [3.05, 3.63) is 24.3 Å². The molecular formula is C14H22N2O4S2. The Labute approximate surface area is 132 Å². The number of nitrogens with one attached hydrogen (secondary N) is 1. The van der Waals surface area contributed by atoms with Crippen LogP contribution in [0.25, 0.3) is 0 Å². The summed E-state index contributed by atoms with van der Waals surface area (Å²) in [5, 5.41) is 0. The van der Waals surface area contributed by atoms with Gasteiger partial charge in [-0.1, -0.05) is 13.0 Å². The van der Waals surface area contributed by atoms with Gasteiger partial charge >= 0.3 is 0 Å². The molecule has 1 N–H and O–H groups in total. The molecule has 0 saturated carbocycles. The summed E-state index contributed by atoms with van der Waals surface area (Å²) < 4.78 is 53.5. The molecule has 0 bridgehead atoms. The molecule has 8 heteroatoms. The fourth-order valence-corrected chi connectivity index (χ4v) is 5.31. The van der Waals surface area contributed by atoms with Gasteiger partial charge in [0.05, 0.1) is 9.79 Å². The second-order valence-electron chi connectivity index (χ2n) is 5.52. The molecule has 22 heavy (non-hydrogen) atoms. The second-order valence-corrected chi connectivity index (χ2v) is 9.17. The van der Waals surface area contributed by atoms with Crippen LogP contribution < -0.4 is 4.72 Å². The number of hydrogen-bond acceptors (Lipinski definition) is 4. The lowest BCUT2D eigenvalue weighted by Gasteiger charge is -2.17. The molecule has 1 saturated heterocycles. The van der Waals surface area contributed by atoms with Crippen LogP contribution in [0.5, 0.6) is 0 Å². The molecule has 1 aromatic rings. The zero-order valence-corrected chi connectivity index (χ0v) is 14.5. The summed E-state index contributed by atoms with van der Waals surface area (Å²) >= 11 is 0. The number of benzene rings is 1. The Kier molecular flexibility index (Phi) is 5.26. The molecule has 1 heterocycles. The zero-order valence-electron chi connectivity index (χ0n) is 12.8. The minimum Gasteiger partial charge on any atom is -0.208 e. The maximum atomic E-state index is 12.5. The van der Waals surface area contributed by atoms with Crippen molar-refractivity contribution in [2.24, 2.45) is 0 Å². The predicted molar refractivity (Wildman–Crippen MR) is 84.5 cm³/mol. The molecule has 0 spiro atoms. The van der Waals surface area contributed by atoms with Crippen LogP contribution in [0, 0.1) is 0 Å². The number of sulfonamides is 2. The highest BCUT2D eigenvalue weighted by Crippen LogP contribution is 2.23. The van der Waals surface area contributed by atoms with Crippen LogP contribution >= 0.6 is 0 Å². The van der Waals surface area contributed by atoms with Crippen LogP contribution in [0.3, 0.4) is 0 Å². The van der Waals surface area contributed by atoms with Gasteiger partial charge in [-0.15, -0.1) is 0 Å². The first-order valence-electron chi connectivity index (χ1n) is 7.40. The van der Waals surface area contributed by atoms with Crippen molar-refractivity contribution in [3.8, 4) is 0 Å². The molecule has 0 radical (unpaired) electrons. The Morgan fingerprint density at radius 2 is 1.73 bits per heavy atom. The highest BCUT2D eigenvalue weighted by Gasteiger charge is 2.28. The molecular weight excluding hydrogens is 324 g/mol. The SMILES string of the molecule is CCC(C)NS(=O)(=O)c1cccc(S(=O)(=O)N2CCCC2)c1. The first kappa shape index (κ1) is 17.4. The molecule has 0 amide bonds. The summed E-state index contributed by atoms with van der Waals surface area (Å²) in [5.74, 6) is 0. The Hall–Kier alpha value is -0.960. The summed E-state index contributed by atoms with van der Waals surface area (Å²) in [7, 11) is -7.33. The maximum absolute atomic E-state index is 12.5. The summed E-state index contributed by atoms with van der Waals surface area (Å²) in [4.78, 5) is 0.00879. The van der Waals surface area contributed by atoms with Crippen molar-refractivity contribution in [1.29, 1.82) is 0 Å². The summed E-state index contributed by atoms with van der Waals surface area (Å²) in [6.45, 7) is 4.62. The Morgan fingerprint density at radius 3 is 2.32 bits per heavy atom. The minimum absolute atomic E-state index is 0.0203. The van der Waals surface area contributed by atoms with E-state index >= 15 is 0 Å². The molecule has 1 aliphatic heterocycles. The molecule has 6 nitrogen and oxygen atoms in total. The summed E-state index contributed by atoms with van der Waals surface area (Å²) in [5.41, 5.74) is 0. The van der Waals surface area contributed by atoms with E-state index in [9.17, 15) is 16.8 Å². The fourth-order valence-electron chi connectivity index (χ4n) is 2.30. The van der Waals surface area contributed by atoms with Crippen LogP contribution in [0.1, 0.15) is 33.1 Å². The van der Waals surface area contributed by atoms with E-state index in [0.717, 1.165) is 12.8 Å². The average Bonchev–Trinajstić information content (AvgIpc) is 3.02. The van der Waals surface area contributed by atoms with Crippen molar-refractivity contribution in [2.75, 3.05) is 13.1 Å². The molecule has 0 aromatic heterocycles. The Balaban J connectivity index is 2.34. The van der Waals surface area contributed by atoms with Crippen molar-refractivity contribution < 1.29 is 16.8 Å². The zero-order chi connectivity index (χ0) is 16.4. The van der Waals surface area contributed by atoms with Crippen molar-refractivity contribution >= 4 is 20.0 Å². The van der Waals surface area contributed by atoms with Crippen LogP contribution in [-0.2, 0) is 20.0 Å². The normalized spacial score (nSPS) is 18.5. The van der Waals surface area contributed by atoms with Crippen LogP contribution in [0.2, 0.25) is 0 Å². The number of nitrogens with zero attached hydrogens (tertiary/aromatic N) is 1. The van der Waals surface area contributed by atoms with E-state index in [2.05, 4.69) is 4.72 Å². The monoisotopic (exact) mass is 346 g/mol. The number of rotatable bonds is 6. The standard InChI is InChI=1S/C14H22N2O4S2/c1-3-12(2)15-21(17,18)13-7-6-8-14(11-13)22(19,20)16-9-4-5-10-16/h6-8,11-12,15H,3-5,9-10H2,1-2H3. The van der Waals surface area contributed by atoms with Gasteiger partial charge in [-0.05, 0) is 44.4 Å². The topological polar surface area (TPSA) is 83.5 Å². The molecule has 1 aliphatic rings. The lowest BCUT2D eigenvalue weighted by Crippen LogP contribution is -2.32. The first-order chi connectivity index (χ1) is 10.3. The Morgan fingerprint density at radius 1 is 1.14 bits per heavy atom. The van der Waals surface area contributed by atoms with Gasteiger partial charge in [0.25, 0.3) is 0 Å². The van der Waals surface area contributed by atoms with Gasteiger partial charge in [0.2, 0.25) is 20.0 Å². The van der Waals surface area contributed by atoms with Crippen LogP contribution in [0.15, 0.2) is 34.1 Å². The molecule has 2 rings (SSSR count). The Bertz CT molecular complexity index is 723. The van der Waals surface area contributed by atoms with Gasteiger partial charge in [0.1, 0.15) is 0 Å². The molecule has 1 atom stereocenters. The summed E-state index contributed by atoms with van der Waals surface area (Å²) in [6.07, 6.45) is 2.34. The van der Waals surface area contributed by atoms with E-state index in [-0.39, 0.29) is 15.8 Å². The molecule has 1 unspecified atom stereocenters. The van der Waals surface area contributed by atoms with E-state index in [1.54, 1.807) is 6.92 Å². The number of hydrogen-bond donors (Lipinski definition) is 1. The predicted octanol–water partition coefficient (Wildman–Crippen LogP) is 1.55. The van der Waals surface area contributed by atoms with Gasteiger partial charge in [0, 0.05) is 19.1 Å². The van der Waals surface area contributed by atoms with Crippen molar-refractivity contribution in [1.82, 2.24) is 9.03 Å². The quantitative estimate of drug-likeness (QED) is 0.847. The van der Waals surface area contributed by atoms with Gasteiger partial charge in [-0.3, -0.25) is 0 Å². The lowest BCUT2D eigenvalue weighted by molar-refractivity contribution is 0.477. The lowest BCUT2D eigenvalue weighted by atomic mass is 10.3. The third-order valence-electron chi connectivity index (χ3n) is 3.79. The molecule has 1 aromatic carbocycles. The van der Waals surface area contributed by atoms with E-state index in [1.807, 2.05) is 6.92 Å². The van der Waals surface area contributed by atoms with E-state index in [4.69, 9.17) is 0 Å². The van der Waals surface area contributed by atoms with E-state index < -0.39 is 20.0 Å². The maximum Gasteiger partial charge on any atom is 0.243 e. The van der Waals surface area contributed by atoms with Crippen molar-refractivity contribution in [3.63, 3.8) is 0 Å². The highest BCUT2D eigenvalue weighted by molar-refractivity contribution is 7.90. The fraction of sp³-hybridized carbons (Fsp3) is 0.571. The minimum atomic E-state index is -3.71. The third-order valence-corrected chi connectivity index (χ3v) is 7.27. The van der Waals surface area contributed by atoms with Gasteiger partial charge in [-0.2, -0.15) is 4.31 Å². The first-order valence-corrected chi connectivity index (χ1v) is 10.3.